The average Bonchev–Trinajstić information content (AvgIpc) is 2.47. The minimum Gasteiger partial charge on any atom is -0.465 e. The number of carbonyl (C=O) groups excluding carboxylic acids is 2. The highest BCUT2D eigenvalue weighted by Gasteiger charge is 2.25. The Hall–Kier alpha value is -2.04. The van der Waals surface area contributed by atoms with Crippen LogP contribution in [0.4, 0.5) is 0 Å². The van der Waals surface area contributed by atoms with Crippen molar-refractivity contribution >= 4 is 11.8 Å². The van der Waals surface area contributed by atoms with Gasteiger partial charge in [0, 0.05) is 6.08 Å². The van der Waals surface area contributed by atoms with E-state index in [0.717, 1.165) is 6.08 Å². The first-order valence-electron chi connectivity index (χ1n) is 3.52. The Labute approximate surface area is 73.3 Å². The van der Waals surface area contributed by atoms with E-state index in [4.69, 9.17) is 9.47 Å². The van der Waals surface area contributed by atoms with E-state index < -0.39 is 11.8 Å². The quantitative estimate of drug-likeness (QED) is 0.572. The topological polar surface area (TPSA) is 64.6 Å². The van der Waals surface area contributed by atoms with Crippen molar-refractivity contribution in [3.05, 3.63) is 36.2 Å². The molecule has 2 heterocycles. The fraction of sp³-hybridized carbons (Fsp3) is 0. The van der Waals surface area contributed by atoms with Crippen molar-refractivity contribution in [3.63, 3.8) is 0 Å². The first-order valence-corrected chi connectivity index (χ1v) is 3.52. The summed E-state index contributed by atoms with van der Waals surface area (Å²) >= 11 is 0. The highest BCUT2D eigenvalue weighted by atomic mass is 16.5. The van der Waals surface area contributed by atoms with Crippen LogP contribution >= 0.6 is 0 Å². The van der Waals surface area contributed by atoms with Crippen LogP contribution in [0.5, 0.6) is 0 Å². The van der Waals surface area contributed by atoms with Gasteiger partial charge in [-0.3, -0.25) is 14.9 Å². The third-order valence-corrected chi connectivity index (χ3v) is 1.53. The molecule has 0 fully saturated rings. The summed E-state index contributed by atoms with van der Waals surface area (Å²) in [5, 5.41) is 2.09. The van der Waals surface area contributed by atoms with Crippen molar-refractivity contribution in [2.75, 3.05) is 0 Å². The first-order chi connectivity index (χ1) is 6.27. The fourth-order valence-corrected chi connectivity index (χ4v) is 0.984. The smallest absolute Gasteiger partial charge is 0.262 e. The normalized spacial score (nSPS) is 20.0. The van der Waals surface area contributed by atoms with E-state index in [0.29, 0.717) is 0 Å². The van der Waals surface area contributed by atoms with Gasteiger partial charge < -0.3 is 9.47 Å². The van der Waals surface area contributed by atoms with E-state index in [1.807, 2.05) is 0 Å². The summed E-state index contributed by atoms with van der Waals surface area (Å²) in [4.78, 5) is 21.8. The third kappa shape index (κ3) is 1.31. The lowest BCUT2D eigenvalue weighted by atomic mass is 10.2. The van der Waals surface area contributed by atoms with Gasteiger partial charge >= 0.3 is 0 Å². The largest absolute Gasteiger partial charge is 0.465 e. The summed E-state index contributed by atoms with van der Waals surface area (Å²) in [7, 11) is 0. The Kier molecular flexibility index (Phi) is 1.63. The van der Waals surface area contributed by atoms with Gasteiger partial charge in [-0.25, -0.2) is 0 Å². The lowest BCUT2D eigenvalue weighted by Gasteiger charge is -2.08. The van der Waals surface area contributed by atoms with Crippen LogP contribution in [0.2, 0.25) is 0 Å². The molecule has 0 aromatic rings. The molecule has 5 heteroatoms. The predicted octanol–water partition coefficient (Wildman–Crippen LogP) is -0.0714. The molecule has 0 aliphatic carbocycles. The molecule has 0 saturated carbocycles. The van der Waals surface area contributed by atoms with Crippen LogP contribution in [0.3, 0.4) is 0 Å². The summed E-state index contributed by atoms with van der Waals surface area (Å²) in [5.74, 6) is -0.694. The highest BCUT2D eigenvalue weighted by Crippen LogP contribution is 2.18. The average molecular weight is 179 g/mol. The van der Waals surface area contributed by atoms with Crippen LogP contribution in [0.1, 0.15) is 0 Å². The van der Waals surface area contributed by atoms with Gasteiger partial charge in [-0.15, -0.1) is 0 Å². The molecule has 2 rings (SSSR count). The van der Waals surface area contributed by atoms with Crippen LogP contribution in [-0.2, 0) is 19.1 Å². The van der Waals surface area contributed by atoms with Gasteiger partial charge in [0.15, 0.2) is 5.76 Å². The molecule has 0 aromatic heterocycles. The number of imide groups is 1. The lowest BCUT2D eigenvalue weighted by Crippen LogP contribution is -2.22. The predicted molar refractivity (Wildman–Crippen MR) is 40.6 cm³/mol. The molecule has 0 aromatic carbocycles. The SMILES string of the molecule is O=C1C=C(C2=COC=CO2)C(=O)N1. The fourth-order valence-electron chi connectivity index (χ4n) is 0.984. The number of rotatable bonds is 1. The maximum absolute atomic E-state index is 11.1. The zero-order valence-corrected chi connectivity index (χ0v) is 6.44. The highest BCUT2D eigenvalue weighted by molar-refractivity contribution is 6.18. The molecule has 5 nitrogen and oxygen atoms in total. The first kappa shape index (κ1) is 7.60. The zero-order valence-electron chi connectivity index (χ0n) is 6.44. The summed E-state index contributed by atoms with van der Waals surface area (Å²) in [6, 6.07) is 0. The molecule has 2 aliphatic heterocycles. The van der Waals surface area contributed by atoms with Gasteiger partial charge in [0.2, 0.25) is 0 Å². The van der Waals surface area contributed by atoms with E-state index in [1.54, 1.807) is 0 Å². The second-order valence-corrected chi connectivity index (χ2v) is 2.38. The van der Waals surface area contributed by atoms with Crippen molar-refractivity contribution in [3.8, 4) is 0 Å². The number of amides is 2. The molecule has 2 aliphatic rings. The maximum atomic E-state index is 11.1. The van der Waals surface area contributed by atoms with E-state index in [9.17, 15) is 9.59 Å². The molecule has 66 valence electrons. The van der Waals surface area contributed by atoms with Crippen LogP contribution < -0.4 is 5.32 Å². The molecule has 0 unspecified atom stereocenters. The molecule has 0 atom stereocenters. The monoisotopic (exact) mass is 179 g/mol. The van der Waals surface area contributed by atoms with Crippen LogP contribution in [0, 0.1) is 0 Å². The van der Waals surface area contributed by atoms with Crippen molar-refractivity contribution in [2.45, 2.75) is 0 Å². The van der Waals surface area contributed by atoms with Crippen molar-refractivity contribution in [2.24, 2.45) is 0 Å². The molecule has 2 amide bonds. The van der Waals surface area contributed by atoms with Crippen LogP contribution in [-0.4, -0.2) is 11.8 Å². The van der Waals surface area contributed by atoms with Gasteiger partial charge in [0.05, 0.1) is 5.57 Å². The van der Waals surface area contributed by atoms with Gasteiger partial charge in [0.25, 0.3) is 11.8 Å². The minimum absolute atomic E-state index is 0.175. The molecule has 0 bridgehead atoms. The molecule has 0 spiro atoms. The summed E-state index contributed by atoms with van der Waals surface area (Å²) in [6.45, 7) is 0. The zero-order chi connectivity index (χ0) is 9.26. The number of ether oxygens (including phenoxy) is 2. The second kappa shape index (κ2) is 2.78. The Balaban J connectivity index is 2.26. The van der Waals surface area contributed by atoms with Gasteiger partial charge in [-0.2, -0.15) is 0 Å². The Morgan fingerprint density at radius 3 is 2.62 bits per heavy atom. The van der Waals surface area contributed by atoms with Gasteiger partial charge in [0.1, 0.15) is 18.8 Å². The number of nitrogens with one attached hydrogen (secondary N) is 1. The van der Waals surface area contributed by atoms with Gasteiger partial charge in [-0.05, 0) is 0 Å². The minimum atomic E-state index is -0.477. The Bertz CT molecular complexity index is 364. The lowest BCUT2D eigenvalue weighted by molar-refractivity contribution is -0.123. The van der Waals surface area contributed by atoms with Crippen LogP contribution in [0.25, 0.3) is 0 Å². The van der Waals surface area contributed by atoms with Crippen molar-refractivity contribution in [1.29, 1.82) is 0 Å². The van der Waals surface area contributed by atoms with Crippen molar-refractivity contribution in [1.82, 2.24) is 5.32 Å². The number of carbonyl (C=O) groups is 2. The van der Waals surface area contributed by atoms with E-state index >= 15 is 0 Å². The van der Waals surface area contributed by atoms with Gasteiger partial charge in [-0.1, -0.05) is 0 Å². The number of hydrogen-bond acceptors (Lipinski definition) is 4. The van der Waals surface area contributed by atoms with E-state index in [2.05, 4.69) is 5.32 Å². The summed E-state index contributed by atoms with van der Waals surface area (Å²) in [6.07, 6.45) is 5.02. The van der Waals surface area contributed by atoms with E-state index in [1.165, 1.54) is 18.8 Å². The van der Waals surface area contributed by atoms with Crippen LogP contribution in [0.15, 0.2) is 36.2 Å². The Morgan fingerprint density at radius 1 is 1.23 bits per heavy atom. The molecule has 1 N–H and O–H groups in total. The van der Waals surface area contributed by atoms with Crippen molar-refractivity contribution < 1.29 is 19.1 Å². The molecular formula is C8H5NO4. The molecule has 13 heavy (non-hydrogen) atoms. The summed E-state index contributed by atoms with van der Waals surface area (Å²) < 4.78 is 9.73. The molecule has 0 radical (unpaired) electrons. The number of hydrogen-bond donors (Lipinski definition) is 1. The van der Waals surface area contributed by atoms with E-state index in [-0.39, 0.29) is 11.3 Å². The standard InChI is InChI=1S/C8H5NO4/c10-7-3-5(8(11)9-7)6-4-12-1-2-13-6/h1-4H,(H,9,10,11). The third-order valence-electron chi connectivity index (χ3n) is 1.53. The Morgan fingerprint density at radius 2 is 2.08 bits per heavy atom. The maximum Gasteiger partial charge on any atom is 0.262 e. The summed E-state index contributed by atoms with van der Waals surface area (Å²) in [5.41, 5.74) is 0.175. The second-order valence-electron chi connectivity index (χ2n) is 2.38. The molecule has 0 saturated heterocycles. The molecular weight excluding hydrogens is 174 g/mol.